The molecule has 2 atom stereocenters. The van der Waals surface area contributed by atoms with Crippen molar-refractivity contribution in [3.8, 4) is 0 Å². The first-order valence-corrected chi connectivity index (χ1v) is 5.29. The molecule has 0 radical (unpaired) electrons. The Kier molecular flexibility index (Phi) is 4.56. The van der Waals surface area contributed by atoms with E-state index in [0.29, 0.717) is 6.42 Å². The third-order valence-electron chi connectivity index (χ3n) is 2.50. The summed E-state index contributed by atoms with van der Waals surface area (Å²) in [6.45, 7) is 3.64. The summed E-state index contributed by atoms with van der Waals surface area (Å²) in [5.41, 5.74) is 0. The highest BCUT2D eigenvalue weighted by molar-refractivity contribution is 5.84. The molecule has 0 aliphatic heterocycles. The zero-order valence-corrected chi connectivity index (χ0v) is 9.67. The minimum Gasteiger partial charge on any atom is -0.480 e. The van der Waals surface area contributed by atoms with E-state index in [4.69, 9.17) is 5.11 Å². The molecule has 1 heterocycles. The van der Waals surface area contributed by atoms with Gasteiger partial charge in [-0.25, -0.2) is 4.79 Å². The number of hydrogen-bond acceptors (Lipinski definition) is 5. The second kappa shape index (κ2) is 5.92. The van der Waals surface area contributed by atoms with Gasteiger partial charge in [-0.05, 0) is 5.92 Å². The lowest BCUT2D eigenvalue weighted by Crippen LogP contribution is -2.45. The summed E-state index contributed by atoms with van der Waals surface area (Å²) < 4.78 is 0. The quantitative estimate of drug-likeness (QED) is 0.609. The molecule has 0 aliphatic rings. The van der Waals surface area contributed by atoms with Crippen LogP contribution >= 0.6 is 0 Å². The maximum atomic E-state index is 11.5. The zero-order chi connectivity index (χ0) is 12.8. The molecule has 2 unspecified atom stereocenters. The number of aliphatic carboxylic acids is 1. The molecule has 94 valence electrons. The lowest BCUT2D eigenvalue weighted by Gasteiger charge is -2.19. The molecule has 0 aromatic carbocycles. The van der Waals surface area contributed by atoms with Crippen LogP contribution in [0.3, 0.4) is 0 Å². The van der Waals surface area contributed by atoms with Crippen LogP contribution in [0.15, 0.2) is 0 Å². The largest absolute Gasteiger partial charge is 0.480 e. The molecule has 0 saturated heterocycles. The van der Waals surface area contributed by atoms with Gasteiger partial charge < -0.3 is 10.4 Å². The summed E-state index contributed by atoms with van der Waals surface area (Å²) in [5.74, 6) is -1.38. The topological polar surface area (TPSA) is 121 Å². The Labute approximate surface area is 97.8 Å². The Morgan fingerprint density at radius 1 is 1.53 bits per heavy atom. The van der Waals surface area contributed by atoms with Gasteiger partial charge in [-0.2, -0.15) is 5.21 Å². The Morgan fingerprint density at radius 2 is 2.24 bits per heavy atom. The van der Waals surface area contributed by atoms with Crippen molar-refractivity contribution in [2.45, 2.75) is 32.7 Å². The molecule has 1 rings (SSSR count). The molecule has 8 heteroatoms. The lowest BCUT2D eigenvalue weighted by atomic mass is 9.99. The Hall–Kier alpha value is -1.99. The first kappa shape index (κ1) is 13.1. The molecule has 0 bridgehead atoms. The first-order chi connectivity index (χ1) is 8.04. The number of amides is 1. The first-order valence-electron chi connectivity index (χ1n) is 5.29. The summed E-state index contributed by atoms with van der Waals surface area (Å²) in [5, 5.41) is 24.2. The predicted molar refractivity (Wildman–Crippen MR) is 56.9 cm³/mol. The summed E-state index contributed by atoms with van der Waals surface area (Å²) in [6.07, 6.45) is 0.580. The molecule has 3 N–H and O–H groups in total. The van der Waals surface area contributed by atoms with E-state index in [2.05, 4.69) is 25.9 Å². The Balaban J connectivity index is 2.55. The van der Waals surface area contributed by atoms with Crippen molar-refractivity contribution in [1.29, 1.82) is 0 Å². The van der Waals surface area contributed by atoms with E-state index >= 15 is 0 Å². The highest BCUT2D eigenvalue weighted by Gasteiger charge is 2.25. The van der Waals surface area contributed by atoms with Crippen molar-refractivity contribution in [3.63, 3.8) is 0 Å². The van der Waals surface area contributed by atoms with Crippen molar-refractivity contribution in [3.05, 3.63) is 5.82 Å². The molecule has 0 spiro atoms. The molecule has 0 saturated carbocycles. The van der Waals surface area contributed by atoms with Crippen LogP contribution in [0, 0.1) is 5.92 Å². The second-order valence-corrected chi connectivity index (χ2v) is 3.77. The van der Waals surface area contributed by atoms with Crippen LogP contribution in [0.4, 0.5) is 0 Å². The number of carboxylic acids is 1. The van der Waals surface area contributed by atoms with Crippen LogP contribution in [0.2, 0.25) is 0 Å². The molecule has 17 heavy (non-hydrogen) atoms. The average Bonchev–Trinajstić information content (AvgIpc) is 2.77. The van der Waals surface area contributed by atoms with Crippen molar-refractivity contribution < 1.29 is 14.7 Å². The van der Waals surface area contributed by atoms with Gasteiger partial charge in [0.05, 0.1) is 6.42 Å². The van der Waals surface area contributed by atoms with Crippen molar-refractivity contribution >= 4 is 11.9 Å². The fourth-order valence-corrected chi connectivity index (χ4v) is 1.31. The number of carbonyl (C=O) groups is 2. The molecule has 1 aromatic heterocycles. The molecule has 1 aromatic rings. The third kappa shape index (κ3) is 3.82. The average molecular weight is 241 g/mol. The van der Waals surface area contributed by atoms with E-state index in [1.807, 2.05) is 6.92 Å². The highest BCUT2D eigenvalue weighted by atomic mass is 16.4. The molecule has 1 amide bonds. The highest BCUT2D eigenvalue weighted by Crippen LogP contribution is 2.08. The van der Waals surface area contributed by atoms with Crippen LogP contribution in [-0.4, -0.2) is 43.6 Å². The van der Waals surface area contributed by atoms with Crippen LogP contribution in [0.1, 0.15) is 26.1 Å². The number of tetrazole rings is 1. The Bertz CT molecular complexity index is 378. The third-order valence-corrected chi connectivity index (χ3v) is 2.50. The number of aromatic amines is 1. The molecule has 0 aliphatic carbocycles. The summed E-state index contributed by atoms with van der Waals surface area (Å²) in [6, 6.07) is -0.889. The van der Waals surface area contributed by atoms with Gasteiger partial charge in [-0.1, -0.05) is 25.5 Å². The number of hydrogen-bond donors (Lipinski definition) is 3. The van der Waals surface area contributed by atoms with Gasteiger partial charge in [0, 0.05) is 0 Å². The number of H-pyrrole nitrogens is 1. The summed E-state index contributed by atoms with van der Waals surface area (Å²) in [4.78, 5) is 22.5. The van der Waals surface area contributed by atoms with Crippen LogP contribution in [0.5, 0.6) is 0 Å². The Morgan fingerprint density at radius 3 is 2.71 bits per heavy atom. The van der Waals surface area contributed by atoms with Crippen molar-refractivity contribution in [2.24, 2.45) is 5.92 Å². The standard InChI is InChI=1S/C9H15N5O3/c1-3-5(2)8(9(16)17)10-7(15)4-6-11-13-14-12-6/h5,8H,3-4H2,1-2H3,(H,10,15)(H,16,17)(H,11,12,13,14). The predicted octanol–water partition coefficient (Wildman–Crippen LogP) is -0.642. The van der Waals surface area contributed by atoms with E-state index in [9.17, 15) is 9.59 Å². The van der Waals surface area contributed by atoms with Gasteiger partial charge in [0.1, 0.15) is 6.04 Å². The van der Waals surface area contributed by atoms with E-state index in [0.717, 1.165) is 0 Å². The van der Waals surface area contributed by atoms with Gasteiger partial charge in [0.25, 0.3) is 0 Å². The van der Waals surface area contributed by atoms with Gasteiger partial charge in [-0.3, -0.25) is 4.79 Å². The van der Waals surface area contributed by atoms with Crippen LogP contribution in [-0.2, 0) is 16.0 Å². The van der Waals surface area contributed by atoms with Crippen LogP contribution < -0.4 is 5.32 Å². The van der Waals surface area contributed by atoms with Crippen LogP contribution in [0.25, 0.3) is 0 Å². The fraction of sp³-hybridized carbons (Fsp3) is 0.667. The van der Waals surface area contributed by atoms with Crippen molar-refractivity contribution in [2.75, 3.05) is 0 Å². The van der Waals surface area contributed by atoms with E-state index in [-0.39, 0.29) is 18.2 Å². The second-order valence-electron chi connectivity index (χ2n) is 3.77. The molecular formula is C9H15N5O3. The van der Waals surface area contributed by atoms with Gasteiger partial charge >= 0.3 is 5.97 Å². The maximum Gasteiger partial charge on any atom is 0.326 e. The van der Waals surface area contributed by atoms with Gasteiger partial charge in [0.15, 0.2) is 5.82 Å². The number of nitrogens with one attached hydrogen (secondary N) is 2. The lowest BCUT2D eigenvalue weighted by molar-refractivity contribution is -0.143. The van der Waals surface area contributed by atoms with Gasteiger partial charge in [-0.15, -0.1) is 10.2 Å². The minimum absolute atomic E-state index is 0.0866. The number of nitrogens with zero attached hydrogens (tertiary/aromatic N) is 3. The number of carbonyl (C=O) groups excluding carboxylic acids is 1. The molecule has 8 nitrogen and oxygen atoms in total. The number of rotatable bonds is 6. The smallest absolute Gasteiger partial charge is 0.326 e. The fourth-order valence-electron chi connectivity index (χ4n) is 1.31. The SMILES string of the molecule is CCC(C)C(NC(=O)Cc1nn[nH]n1)C(=O)O. The van der Waals surface area contributed by atoms with Gasteiger partial charge in [0.2, 0.25) is 5.91 Å². The van der Waals surface area contributed by atoms with Crippen molar-refractivity contribution in [1.82, 2.24) is 25.9 Å². The normalized spacial score (nSPS) is 14.0. The number of aromatic nitrogens is 4. The van der Waals surface area contributed by atoms with E-state index < -0.39 is 17.9 Å². The summed E-state index contributed by atoms with van der Waals surface area (Å²) >= 11 is 0. The van der Waals surface area contributed by atoms with E-state index in [1.165, 1.54) is 0 Å². The number of carboxylic acid groups (broad SMARTS) is 1. The maximum absolute atomic E-state index is 11.5. The monoisotopic (exact) mass is 241 g/mol. The van der Waals surface area contributed by atoms with E-state index in [1.54, 1.807) is 6.92 Å². The summed E-state index contributed by atoms with van der Waals surface area (Å²) in [7, 11) is 0. The minimum atomic E-state index is -1.04. The molecular weight excluding hydrogens is 226 g/mol. The zero-order valence-electron chi connectivity index (χ0n) is 9.67. The molecule has 0 fully saturated rings.